The van der Waals surface area contributed by atoms with Crippen LogP contribution in [0.3, 0.4) is 0 Å². The molecule has 3 atom stereocenters. The number of nitrogens with zero attached hydrogens (tertiary/aromatic N) is 1. The third-order valence-corrected chi connectivity index (χ3v) is 3.99. The fraction of sp³-hybridized carbons (Fsp3) is 0.923. The summed E-state index contributed by atoms with van der Waals surface area (Å²) in [4.78, 5) is 14.0. The van der Waals surface area contributed by atoms with E-state index in [9.17, 15) is 4.79 Å². The molecule has 0 bridgehead atoms. The van der Waals surface area contributed by atoms with E-state index in [-0.39, 0.29) is 5.91 Å². The smallest absolute Gasteiger partial charge is 0.238 e. The average Bonchev–Trinajstić information content (AvgIpc) is 2.24. The van der Waals surface area contributed by atoms with Gasteiger partial charge in [-0.05, 0) is 40.2 Å². The number of nitrogens with one attached hydrogen (secondary N) is 1. The van der Waals surface area contributed by atoms with Crippen LogP contribution >= 0.6 is 0 Å². The molecule has 1 aliphatic rings. The zero-order valence-corrected chi connectivity index (χ0v) is 11.6. The lowest BCUT2D eigenvalue weighted by molar-refractivity contribution is -0.125. The second-order valence-corrected chi connectivity index (χ2v) is 5.53. The number of likely N-dealkylation sites (tertiary alicyclic amines) is 1. The first-order valence-corrected chi connectivity index (χ1v) is 6.71. The van der Waals surface area contributed by atoms with Crippen LogP contribution in [0.1, 0.15) is 47.0 Å². The monoisotopic (exact) mass is 241 g/mol. The summed E-state index contributed by atoms with van der Waals surface area (Å²) in [6.45, 7) is 9.86. The fourth-order valence-electron chi connectivity index (χ4n) is 2.76. The highest BCUT2D eigenvalue weighted by Crippen LogP contribution is 2.24. The standard InChI is InChI=1S/C13H27N3O/c1-5-15-13(4,12(14)17)9-16-10(2)7-6-8-11(16)3/h10-11,15H,5-9H2,1-4H3,(H2,14,17). The number of nitrogens with two attached hydrogens (primary N) is 1. The molecule has 1 rings (SSSR count). The number of primary amides is 1. The van der Waals surface area contributed by atoms with Crippen LogP contribution in [0.2, 0.25) is 0 Å². The van der Waals surface area contributed by atoms with E-state index in [0.717, 1.165) is 6.54 Å². The minimum Gasteiger partial charge on any atom is -0.368 e. The quantitative estimate of drug-likeness (QED) is 0.758. The van der Waals surface area contributed by atoms with Crippen LogP contribution in [-0.2, 0) is 4.79 Å². The largest absolute Gasteiger partial charge is 0.368 e. The van der Waals surface area contributed by atoms with Crippen LogP contribution in [-0.4, -0.2) is 41.5 Å². The minimum absolute atomic E-state index is 0.260. The molecule has 17 heavy (non-hydrogen) atoms. The minimum atomic E-state index is -0.616. The highest BCUT2D eigenvalue weighted by molar-refractivity contribution is 5.84. The normalized spacial score (nSPS) is 29.9. The van der Waals surface area contributed by atoms with Gasteiger partial charge in [0, 0.05) is 18.6 Å². The number of hydrogen-bond donors (Lipinski definition) is 2. The lowest BCUT2D eigenvalue weighted by Gasteiger charge is -2.43. The summed E-state index contributed by atoms with van der Waals surface area (Å²) in [5.74, 6) is -0.260. The molecule has 1 fully saturated rings. The molecule has 3 unspecified atom stereocenters. The molecule has 0 aromatic rings. The van der Waals surface area contributed by atoms with Crippen LogP contribution in [0.15, 0.2) is 0 Å². The Hall–Kier alpha value is -0.610. The van der Waals surface area contributed by atoms with Gasteiger partial charge in [0.2, 0.25) is 5.91 Å². The van der Waals surface area contributed by atoms with E-state index in [2.05, 4.69) is 24.1 Å². The van der Waals surface area contributed by atoms with Crippen molar-refractivity contribution in [2.45, 2.75) is 64.6 Å². The van der Waals surface area contributed by atoms with Crippen LogP contribution in [0.5, 0.6) is 0 Å². The summed E-state index contributed by atoms with van der Waals surface area (Å²) in [6.07, 6.45) is 3.71. The van der Waals surface area contributed by atoms with Gasteiger partial charge in [-0.3, -0.25) is 9.69 Å². The zero-order chi connectivity index (χ0) is 13.1. The van der Waals surface area contributed by atoms with Crippen LogP contribution in [0, 0.1) is 0 Å². The molecule has 0 radical (unpaired) electrons. The highest BCUT2D eigenvalue weighted by atomic mass is 16.1. The first-order valence-electron chi connectivity index (χ1n) is 6.71. The van der Waals surface area contributed by atoms with Crippen molar-refractivity contribution in [1.29, 1.82) is 0 Å². The maximum Gasteiger partial charge on any atom is 0.238 e. The molecule has 0 spiro atoms. The molecule has 1 aliphatic heterocycles. The van der Waals surface area contributed by atoms with Crippen molar-refractivity contribution in [3.8, 4) is 0 Å². The Bertz CT molecular complexity index is 259. The SMILES string of the molecule is CCNC(C)(CN1C(C)CCCC1C)C(N)=O. The molecule has 3 N–H and O–H groups in total. The number of carbonyl (C=O) groups is 1. The summed E-state index contributed by atoms with van der Waals surface area (Å²) >= 11 is 0. The Kier molecular flexibility index (Phi) is 4.95. The van der Waals surface area contributed by atoms with Crippen molar-refractivity contribution < 1.29 is 4.79 Å². The van der Waals surface area contributed by atoms with Gasteiger partial charge in [0.1, 0.15) is 5.54 Å². The molecule has 0 aliphatic carbocycles. The van der Waals surface area contributed by atoms with Crippen molar-refractivity contribution in [3.63, 3.8) is 0 Å². The van der Waals surface area contributed by atoms with Crippen molar-refractivity contribution in [1.82, 2.24) is 10.2 Å². The number of likely N-dealkylation sites (N-methyl/N-ethyl adjacent to an activating group) is 1. The first kappa shape index (κ1) is 14.5. The number of rotatable bonds is 5. The average molecular weight is 241 g/mol. The van der Waals surface area contributed by atoms with Gasteiger partial charge in [-0.1, -0.05) is 13.3 Å². The first-order chi connectivity index (χ1) is 7.90. The molecular weight excluding hydrogens is 214 g/mol. The maximum absolute atomic E-state index is 11.6. The fourth-order valence-corrected chi connectivity index (χ4v) is 2.76. The van der Waals surface area contributed by atoms with Gasteiger partial charge >= 0.3 is 0 Å². The lowest BCUT2D eigenvalue weighted by Crippen LogP contribution is -2.62. The van der Waals surface area contributed by atoms with Crippen molar-refractivity contribution in [3.05, 3.63) is 0 Å². The Morgan fingerprint density at radius 1 is 1.41 bits per heavy atom. The van der Waals surface area contributed by atoms with E-state index in [0.29, 0.717) is 18.6 Å². The number of hydrogen-bond acceptors (Lipinski definition) is 3. The third kappa shape index (κ3) is 3.42. The molecule has 1 heterocycles. The number of piperidine rings is 1. The maximum atomic E-state index is 11.6. The Labute approximate surface area is 105 Å². The number of amides is 1. The molecule has 1 amide bonds. The van der Waals surface area contributed by atoms with E-state index in [4.69, 9.17) is 5.73 Å². The molecule has 1 saturated heterocycles. The van der Waals surface area contributed by atoms with Gasteiger partial charge in [0.25, 0.3) is 0 Å². The Morgan fingerprint density at radius 2 is 1.94 bits per heavy atom. The molecule has 4 heteroatoms. The molecule has 0 aromatic heterocycles. The molecular formula is C13H27N3O. The summed E-state index contributed by atoms with van der Waals surface area (Å²) in [5.41, 5.74) is 4.92. The van der Waals surface area contributed by atoms with Gasteiger partial charge in [-0.2, -0.15) is 0 Å². The van der Waals surface area contributed by atoms with Gasteiger partial charge in [-0.15, -0.1) is 0 Å². The number of carbonyl (C=O) groups excluding carboxylic acids is 1. The van der Waals surface area contributed by atoms with Crippen molar-refractivity contribution in [2.75, 3.05) is 13.1 Å². The van der Waals surface area contributed by atoms with Crippen molar-refractivity contribution >= 4 is 5.91 Å². The van der Waals surface area contributed by atoms with E-state index in [1.54, 1.807) is 0 Å². The predicted octanol–water partition coefficient (Wildman–Crippen LogP) is 1.10. The second kappa shape index (κ2) is 5.83. The summed E-state index contributed by atoms with van der Waals surface area (Å²) in [6, 6.07) is 1.08. The van der Waals surface area contributed by atoms with E-state index in [1.807, 2.05) is 13.8 Å². The van der Waals surface area contributed by atoms with E-state index in [1.165, 1.54) is 19.3 Å². The van der Waals surface area contributed by atoms with Crippen molar-refractivity contribution in [2.24, 2.45) is 5.73 Å². The highest BCUT2D eigenvalue weighted by Gasteiger charge is 2.36. The van der Waals surface area contributed by atoms with Crippen LogP contribution in [0.25, 0.3) is 0 Å². The topological polar surface area (TPSA) is 58.4 Å². The van der Waals surface area contributed by atoms with Gasteiger partial charge < -0.3 is 11.1 Å². The zero-order valence-electron chi connectivity index (χ0n) is 11.6. The Balaban J connectivity index is 2.74. The van der Waals surface area contributed by atoms with Gasteiger partial charge in [-0.25, -0.2) is 0 Å². The van der Waals surface area contributed by atoms with Crippen LogP contribution < -0.4 is 11.1 Å². The molecule has 4 nitrogen and oxygen atoms in total. The Morgan fingerprint density at radius 3 is 2.35 bits per heavy atom. The summed E-state index contributed by atoms with van der Waals surface area (Å²) in [5, 5.41) is 3.23. The molecule has 0 saturated carbocycles. The van der Waals surface area contributed by atoms with E-state index >= 15 is 0 Å². The second-order valence-electron chi connectivity index (χ2n) is 5.53. The lowest BCUT2D eigenvalue weighted by atomic mass is 9.92. The summed E-state index contributed by atoms with van der Waals surface area (Å²) in [7, 11) is 0. The molecule has 0 aromatic carbocycles. The summed E-state index contributed by atoms with van der Waals surface area (Å²) < 4.78 is 0. The van der Waals surface area contributed by atoms with Crippen LogP contribution in [0.4, 0.5) is 0 Å². The van der Waals surface area contributed by atoms with Gasteiger partial charge in [0.15, 0.2) is 0 Å². The predicted molar refractivity (Wildman–Crippen MR) is 70.8 cm³/mol. The third-order valence-electron chi connectivity index (χ3n) is 3.99. The van der Waals surface area contributed by atoms with Gasteiger partial charge in [0.05, 0.1) is 0 Å². The molecule has 100 valence electrons. The van der Waals surface area contributed by atoms with E-state index < -0.39 is 5.54 Å².